The molecular formula is C14H16N6O4S. The smallest absolute Gasteiger partial charge is 0.264 e. The summed E-state index contributed by atoms with van der Waals surface area (Å²) in [5.41, 5.74) is 1.46. The summed E-state index contributed by atoms with van der Waals surface area (Å²) in [6, 6.07) is 2.97. The van der Waals surface area contributed by atoms with E-state index >= 15 is 0 Å². The molecule has 0 spiro atoms. The van der Waals surface area contributed by atoms with E-state index in [0.29, 0.717) is 16.8 Å². The van der Waals surface area contributed by atoms with Crippen LogP contribution in [0.15, 0.2) is 27.7 Å². The van der Waals surface area contributed by atoms with Gasteiger partial charge < -0.3 is 9.84 Å². The quantitative estimate of drug-likeness (QED) is 0.677. The van der Waals surface area contributed by atoms with E-state index in [4.69, 9.17) is 4.52 Å². The lowest BCUT2D eigenvalue weighted by molar-refractivity contribution is -0.121. The van der Waals surface area contributed by atoms with Crippen LogP contribution in [0, 0.1) is 13.8 Å². The number of nitrogens with zero attached hydrogens (tertiary/aromatic N) is 4. The Labute approximate surface area is 143 Å². The van der Waals surface area contributed by atoms with E-state index in [1.165, 1.54) is 30.1 Å². The second kappa shape index (κ2) is 6.16. The second-order valence-corrected chi connectivity index (χ2v) is 7.08. The van der Waals surface area contributed by atoms with Crippen molar-refractivity contribution in [2.45, 2.75) is 25.3 Å². The van der Waals surface area contributed by atoms with E-state index in [0.717, 1.165) is 0 Å². The van der Waals surface area contributed by atoms with E-state index in [-0.39, 0.29) is 28.9 Å². The van der Waals surface area contributed by atoms with Gasteiger partial charge in [-0.25, -0.2) is 13.4 Å². The lowest BCUT2D eigenvalue weighted by Crippen LogP contribution is -2.24. The molecule has 10 nitrogen and oxygen atoms in total. The number of carbonyl (C=O) groups is 1. The van der Waals surface area contributed by atoms with Gasteiger partial charge in [0.15, 0.2) is 5.82 Å². The molecule has 132 valence electrons. The molecule has 0 fully saturated rings. The van der Waals surface area contributed by atoms with Crippen LogP contribution in [0.3, 0.4) is 0 Å². The molecule has 3 aromatic heterocycles. The molecule has 0 saturated carbocycles. The van der Waals surface area contributed by atoms with Crippen LogP contribution < -0.4 is 10.0 Å². The number of likely N-dealkylation sites (N-methyl/N-ethyl adjacent to an activating group) is 1. The van der Waals surface area contributed by atoms with Crippen LogP contribution in [-0.4, -0.2) is 41.3 Å². The topological polar surface area (TPSA) is 132 Å². The normalized spacial score (nSPS) is 11.6. The molecule has 0 bridgehead atoms. The summed E-state index contributed by atoms with van der Waals surface area (Å²) in [6.07, 6.45) is 1.18. The number of fused-ring (bicyclic) bond motifs is 1. The number of hydrogen-bond donors (Lipinski definition) is 2. The molecule has 0 aliphatic heterocycles. The average Bonchev–Trinajstić information content (AvgIpc) is 3.09. The van der Waals surface area contributed by atoms with E-state index in [1.54, 1.807) is 13.8 Å². The first-order valence-corrected chi connectivity index (χ1v) is 8.78. The Morgan fingerprint density at radius 2 is 2.08 bits per heavy atom. The van der Waals surface area contributed by atoms with E-state index < -0.39 is 10.0 Å². The summed E-state index contributed by atoms with van der Waals surface area (Å²) in [5, 5.41) is 10.8. The molecule has 25 heavy (non-hydrogen) atoms. The number of hydrogen-bond acceptors (Lipinski definition) is 7. The Bertz CT molecular complexity index is 1050. The van der Waals surface area contributed by atoms with Gasteiger partial charge in [0.2, 0.25) is 5.91 Å². The number of aryl methyl sites for hydroxylation is 2. The highest BCUT2D eigenvalue weighted by Gasteiger charge is 2.19. The van der Waals surface area contributed by atoms with Crippen LogP contribution in [0.1, 0.15) is 11.4 Å². The van der Waals surface area contributed by atoms with Crippen molar-refractivity contribution in [3.05, 3.63) is 29.7 Å². The highest BCUT2D eigenvalue weighted by Crippen LogP contribution is 2.21. The highest BCUT2D eigenvalue weighted by molar-refractivity contribution is 7.92. The van der Waals surface area contributed by atoms with Crippen molar-refractivity contribution >= 4 is 32.8 Å². The minimum absolute atomic E-state index is 0.00252. The Hall–Kier alpha value is -2.95. The molecule has 3 heterocycles. The third-order valence-electron chi connectivity index (χ3n) is 3.59. The maximum Gasteiger partial charge on any atom is 0.264 e. The standard InChI is InChI=1S/C14H16N6O4S/c1-8-4-12(17-20(8)7-13(21)15-3)19-25(22,23)10-5-11-9(2)18-24-14(11)16-6-10/h4-6H,7H2,1-3H3,(H,15,21)(H,17,19). The summed E-state index contributed by atoms with van der Waals surface area (Å²) < 4.78 is 33.9. The number of rotatable bonds is 5. The number of amides is 1. The molecule has 3 rings (SSSR count). The second-order valence-electron chi connectivity index (χ2n) is 5.40. The first kappa shape index (κ1) is 16.9. The number of sulfonamides is 1. The van der Waals surface area contributed by atoms with Gasteiger partial charge in [-0.2, -0.15) is 5.10 Å². The van der Waals surface area contributed by atoms with Gasteiger partial charge in [0.25, 0.3) is 15.7 Å². The average molecular weight is 364 g/mol. The summed E-state index contributed by atoms with van der Waals surface area (Å²) in [5.74, 6) is -0.123. The predicted octanol–water partition coefficient (Wildman–Crippen LogP) is 0.583. The minimum atomic E-state index is -3.90. The molecule has 0 radical (unpaired) electrons. The van der Waals surface area contributed by atoms with Gasteiger partial charge in [-0.1, -0.05) is 5.16 Å². The third kappa shape index (κ3) is 3.31. The lowest BCUT2D eigenvalue weighted by Gasteiger charge is -2.05. The molecule has 0 aliphatic rings. The molecule has 3 aromatic rings. The van der Waals surface area contributed by atoms with Crippen LogP contribution in [0.2, 0.25) is 0 Å². The SMILES string of the molecule is CNC(=O)Cn1nc(NS(=O)(=O)c2cnc3onc(C)c3c2)cc1C. The number of nitrogens with one attached hydrogen (secondary N) is 2. The fourth-order valence-corrected chi connectivity index (χ4v) is 3.16. The summed E-state index contributed by atoms with van der Waals surface area (Å²) in [6.45, 7) is 3.42. The Balaban J connectivity index is 1.89. The predicted molar refractivity (Wildman–Crippen MR) is 88.4 cm³/mol. The molecule has 1 amide bonds. The zero-order valence-electron chi connectivity index (χ0n) is 13.8. The van der Waals surface area contributed by atoms with E-state index in [2.05, 4.69) is 25.3 Å². The van der Waals surface area contributed by atoms with Crippen LogP contribution >= 0.6 is 0 Å². The van der Waals surface area contributed by atoms with Gasteiger partial charge in [-0.05, 0) is 19.9 Å². The maximum atomic E-state index is 12.5. The van der Waals surface area contributed by atoms with Crippen molar-refractivity contribution in [2.24, 2.45) is 0 Å². The Morgan fingerprint density at radius 1 is 1.32 bits per heavy atom. The first-order chi connectivity index (χ1) is 11.8. The third-order valence-corrected chi connectivity index (χ3v) is 4.91. The van der Waals surface area contributed by atoms with E-state index in [9.17, 15) is 13.2 Å². The van der Waals surface area contributed by atoms with Gasteiger partial charge in [-0.3, -0.25) is 14.2 Å². The zero-order valence-corrected chi connectivity index (χ0v) is 14.6. The Kier molecular flexibility index (Phi) is 4.17. The molecular weight excluding hydrogens is 348 g/mol. The lowest BCUT2D eigenvalue weighted by atomic mass is 10.3. The molecule has 0 atom stereocenters. The van der Waals surface area contributed by atoms with Gasteiger partial charge in [-0.15, -0.1) is 0 Å². The molecule has 0 saturated heterocycles. The monoisotopic (exact) mass is 364 g/mol. The molecule has 0 aromatic carbocycles. The van der Waals surface area contributed by atoms with Gasteiger partial charge in [0.05, 0.1) is 17.3 Å². The number of carbonyl (C=O) groups excluding carboxylic acids is 1. The highest BCUT2D eigenvalue weighted by atomic mass is 32.2. The van der Waals surface area contributed by atoms with Crippen LogP contribution in [0.25, 0.3) is 11.1 Å². The van der Waals surface area contributed by atoms with Crippen LogP contribution in [0.5, 0.6) is 0 Å². The largest absolute Gasteiger partial charge is 0.358 e. The first-order valence-electron chi connectivity index (χ1n) is 7.30. The summed E-state index contributed by atoms with van der Waals surface area (Å²) in [4.78, 5) is 15.4. The van der Waals surface area contributed by atoms with Gasteiger partial charge in [0, 0.05) is 18.8 Å². The van der Waals surface area contributed by atoms with Gasteiger partial charge in [0.1, 0.15) is 11.4 Å². The van der Waals surface area contributed by atoms with Crippen molar-refractivity contribution in [3.63, 3.8) is 0 Å². The van der Waals surface area contributed by atoms with Crippen molar-refractivity contribution < 1.29 is 17.7 Å². The van der Waals surface area contributed by atoms with Crippen molar-refractivity contribution in [1.82, 2.24) is 25.2 Å². The maximum absolute atomic E-state index is 12.5. The number of pyridine rings is 1. The van der Waals surface area contributed by atoms with Crippen molar-refractivity contribution in [3.8, 4) is 0 Å². The molecule has 2 N–H and O–H groups in total. The summed E-state index contributed by atoms with van der Waals surface area (Å²) >= 11 is 0. The van der Waals surface area contributed by atoms with Crippen LogP contribution in [0.4, 0.5) is 5.82 Å². The fraction of sp³-hybridized carbons (Fsp3) is 0.286. The fourth-order valence-electron chi connectivity index (χ4n) is 2.20. The molecule has 11 heteroatoms. The van der Waals surface area contributed by atoms with Crippen molar-refractivity contribution in [2.75, 3.05) is 11.8 Å². The van der Waals surface area contributed by atoms with Gasteiger partial charge >= 0.3 is 0 Å². The zero-order chi connectivity index (χ0) is 18.2. The van der Waals surface area contributed by atoms with E-state index in [1.807, 2.05) is 0 Å². The van der Waals surface area contributed by atoms with Crippen LogP contribution in [-0.2, 0) is 21.4 Å². The number of aromatic nitrogens is 4. The number of anilines is 1. The minimum Gasteiger partial charge on any atom is -0.358 e. The Morgan fingerprint density at radius 3 is 2.80 bits per heavy atom. The summed E-state index contributed by atoms with van der Waals surface area (Å²) in [7, 11) is -2.38. The van der Waals surface area contributed by atoms with Crippen molar-refractivity contribution in [1.29, 1.82) is 0 Å². The molecule has 0 unspecified atom stereocenters. The molecule has 0 aliphatic carbocycles.